The predicted octanol–water partition coefficient (Wildman–Crippen LogP) is 2.96. The van der Waals surface area contributed by atoms with Crippen LogP contribution in [-0.4, -0.2) is 36.1 Å². The van der Waals surface area contributed by atoms with Crippen LogP contribution < -0.4 is 0 Å². The van der Waals surface area contributed by atoms with Crippen molar-refractivity contribution >= 4 is 5.91 Å². The first-order chi connectivity index (χ1) is 9.49. The van der Waals surface area contributed by atoms with E-state index in [-0.39, 0.29) is 11.4 Å². The number of morpholine rings is 1. The summed E-state index contributed by atoms with van der Waals surface area (Å²) >= 11 is 0. The summed E-state index contributed by atoms with van der Waals surface area (Å²) in [5.41, 5.74) is 2.42. The fourth-order valence-electron chi connectivity index (χ4n) is 2.65. The average Bonchev–Trinajstić information content (AvgIpc) is 2.40. The molecule has 110 valence electrons. The van der Waals surface area contributed by atoms with Gasteiger partial charge in [0.05, 0.1) is 18.8 Å². The number of nitrogens with zero attached hydrogens (tertiary/aromatic N) is 1. The molecule has 3 heteroatoms. The van der Waals surface area contributed by atoms with E-state index in [1.807, 2.05) is 4.90 Å². The van der Waals surface area contributed by atoms with E-state index in [1.165, 1.54) is 11.1 Å². The zero-order valence-corrected chi connectivity index (χ0v) is 12.8. The second kappa shape index (κ2) is 6.40. The third kappa shape index (κ3) is 3.83. The van der Waals surface area contributed by atoms with Crippen molar-refractivity contribution in [3.63, 3.8) is 0 Å². The molecule has 1 fully saturated rings. The third-order valence-corrected chi connectivity index (χ3v) is 3.92. The number of benzene rings is 1. The summed E-state index contributed by atoms with van der Waals surface area (Å²) in [6.07, 6.45) is 2.50. The van der Waals surface area contributed by atoms with Crippen LogP contribution in [0.5, 0.6) is 0 Å². The van der Waals surface area contributed by atoms with Crippen molar-refractivity contribution in [2.24, 2.45) is 0 Å². The molecule has 2 rings (SSSR count). The van der Waals surface area contributed by atoms with Crippen molar-refractivity contribution in [2.45, 2.75) is 45.6 Å². The topological polar surface area (TPSA) is 29.5 Å². The molecule has 3 nitrogen and oxygen atoms in total. The first-order valence-corrected chi connectivity index (χ1v) is 7.43. The van der Waals surface area contributed by atoms with Gasteiger partial charge in [-0.1, -0.05) is 29.8 Å². The zero-order chi connectivity index (χ0) is 14.6. The lowest BCUT2D eigenvalue weighted by atomic mass is 10.0. The van der Waals surface area contributed by atoms with Crippen molar-refractivity contribution in [1.29, 1.82) is 0 Å². The molecule has 1 amide bonds. The van der Waals surface area contributed by atoms with Crippen LogP contribution in [0.3, 0.4) is 0 Å². The standard InChI is InChI=1S/C17H25NO2/c1-14-7-9-15(10-8-14)5-4-6-16(19)18-11-12-20-13-17(18,2)3/h7-10H,4-6,11-13H2,1-3H3. The lowest BCUT2D eigenvalue weighted by Crippen LogP contribution is -2.55. The summed E-state index contributed by atoms with van der Waals surface area (Å²) in [4.78, 5) is 14.3. The Hall–Kier alpha value is -1.35. The molecule has 1 aromatic rings. The van der Waals surface area contributed by atoms with Crippen molar-refractivity contribution in [1.82, 2.24) is 4.90 Å². The van der Waals surface area contributed by atoms with Gasteiger partial charge < -0.3 is 9.64 Å². The minimum absolute atomic E-state index is 0.167. The number of aryl methyl sites for hydroxylation is 2. The van der Waals surface area contributed by atoms with Gasteiger partial charge in [-0.2, -0.15) is 0 Å². The number of hydrogen-bond acceptors (Lipinski definition) is 2. The maximum atomic E-state index is 12.3. The largest absolute Gasteiger partial charge is 0.377 e. The van der Waals surface area contributed by atoms with Crippen molar-refractivity contribution < 1.29 is 9.53 Å². The Labute approximate surface area is 121 Å². The molecule has 1 saturated heterocycles. The molecule has 0 aromatic heterocycles. The van der Waals surface area contributed by atoms with E-state index >= 15 is 0 Å². The van der Waals surface area contributed by atoms with Crippen LogP contribution in [0.4, 0.5) is 0 Å². The van der Waals surface area contributed by atoms with Crippen LogP contribution in [0.2, 0.25) is 0 Å². The van der Waals surface area contributed by atoms with E-state index in [4.69, 9.17) is 4.74 Å². The van der Waals surface area contributed by atoms with Crippen LogP contribution >= 0.6 is 0 Å². The first-order valence-electron chi connectivity index (χ1n) is 7.43. The molecule has 1 aromatic carbocycles. The van der Waals surface area contributed by atoms with E-state index < -0.39 is 0 Å². The number of rotatable bonds is 4. The molecule has 0 aliphatic carbocycles. The Morgan fingerprint density at radius 3 is 2.65 bits per heavy atom. The number of carbonyl (C=O) groups is 1. The number of hydrogen-bond donors (Lipinski definition) is 0. The molecule has 20 heavy (non-hydrogen) atoms. The SMILES string of the molecule is Cc1ccc(CCCC(=O)N2CCOCC2(C)C)cc1. The highest BCUT2D eigenvalue weighted by molar-refractivity contribution is 5.77. The second-order valence-electron chi connectivity index (χ2n) is 6.25. The van der Waals surface area contributed by atoms with Gasteiger partial charge in [0, 0.05) is 13.0 Å². The Kier molecular flexibility index (Phi) is 4.81. The van der Waals surface area contributed by atoms with E-state index in [0.29, 0.717) is 19.6 Å². The molecule has 0 saturated carbocycles. The van der Waals surface area contributed by atoms with E-state index in [1.54, 1.807) is 0 Å². The highest BCUT2D eigenvalue weighted by Gasteiger charge is 2.33. The van der Waals surface area contributed by atoms with Gasteiger partial charge in [0.15, 0.2) is 0 Å². The predicted molar refractivity (Wildman–Crippen MR) is 80.7 cm³/mol. The Morgan fingerprint density at radius 2 is 2.00 bits per heavy atom. The van der Waals surface area contributed by atoms with Gasteiger partial charge in [-0.15, -0.1) is 0 Å². The fourth-order valence-corrected chi connectivity index (χ4v) is 2.65. The van der Waals surface area contributed by atoms with E-state index in [2.05, 4.69) is 45.0 Å². The number of ether oxygens (including phenoxy) is 1. The molecular formula is C17H25NO2. The summed E-state index contributed by atoms with van der Waals surface area (Å²) < 4.78 is 5.46. The zero-order valence-electron chi connectivity index (χ0n) is 12.8. The lowest BCUT2D eigenvalue weighted by Gasteiger charge is -2.42. The molecular weight excluding hydrogens is 250 g/mol. The highest BCUT2D eigenvalue weighted by Crippen LogP contribution is 2.20. The Bertz CT molecular complexity index is 451. The monoisotopic (exact) mass is 275 g/mol. The van der Waals surface area contributed by atoms with Gasteiger partial charge in [-0.25, -0.2) is 0 Å². The lowest BCUT2D eigenvalue weighted by molar-refractivity contribution is -0.146. The van der Waals surface area contributed by atoms with E-state index in [9.17, 15) is 4.79 Å². The Balaban J connectivity index is 1.81. The molecule has 0 bridgehead atoms. The summed E-state index contributed by atoms with van der Waals surface area (Å²) in [5.74, 6) is 0.255. The first kappa shape index (κ1) is 15.0. The van der Waals surface area contributed by atoms with Gasteiger partial charge >= 0.3 is 0 Å². The summed E-state index contributed by atoms with van der Waals surface area (Å²) in [5, 5.41) is 0. The average molecular weight is 275 g/mol. The van der Waals surface area contributed by atoms with Crippen LogP contribution in [0.15, 0.2) is 24.3 Å². The smallest absolute Gasteiger partial charge is 0.223 e. The van der Waals surface area contributed by atoms with Crippen molar-refractivity contribution in [2.75, 3.05) is 19.8 Å². The molecule has 0 radical (unpaired) electrons. The molecule has 0 N–H and O–H groups in total. The van der Waals surface area contributed by atoms with Gasteiger partial charge in [-0.05, 0) is 39.2 Å². The summed E-state index contributed by atoms with van der Waals surface area (Å²) in [6.45, 7) is 8.25. The van der Waals surface area contributed by atoms with Crippen LogP contribution in [-0.2, 0) is 16.0 Å². The maximum absolute atomic E-state index is 12.3. The van der Waals surface area contributed by atoms with Gasteiger partial charge in [0.1, 0.15) is 0 Å². The molecule has 1 heterocycles. The van der Waals surface area contributed by atoms with Crippen LogP contribution in [0.25, 0.3) is 0 Å². The van der Waals surface area contributed by atoms with Gasteiger partial charge in [0.25, 0.3) is 0 Å². The van der Waals surface area contributed by atoms with Crippen LogP contribution in [0, 0.1) is 6.92 Å². The minimum Gasteiger partial charge on any atom is -0.377 e. The van der Waals surface area contributed by atoms with Crippen LogP contribution in [0.1, 0.15) is 37.8 Å². The molecule has 0 atom stereocenters. The summed E-state index contributed by atoms with van der Waals surface area (Å²) in [6, 6.07) is 8.56. The second-order valence-corrected chi connectivity index (χ2v) is 6.25. The number of amides is 1. The normalized spacial score (nSPS) is 18.1. The quantitative estimate of drug-likeness (QED) is 0.845. The molecule has 0 unspecified atom stereocenters. The van der Waals surface area contributed by atoms with Gasteiger partial charge in [-0.3, -0.25) is 4.79 Å². The molecule has 1 aliphatic rings. The summed E-state index contributed by atoms with van der Waals surface area (Å²) in [7, 11) is 0. The van der Waals surface area contributed by atoms with E-state index in [0.717, 1.165) is 19.4 Å². The van der Waals surface area contributed by atoms with Crippen molar-refractivity contribution in [3.05, 3.63) is 35.4 Å². The highest BCUT2D eigenvalue weighted by atomic mass is 16.5. The van der Waals surface area contributed by atoms with Gasteiger partial charge in [0.2, 0.25) is 5.91 Å². The van der Waals surface area contributed by atoms with Crippen molar-refractivity contribution in [3.8, 4) is 0 Å². The maximum Gasteiger partial charge on any atom is 0.223 e. The fraction of sp³-hybridized carbons (Fsp3) is 0.588. The Morgan fingerprint density at radius 1 is 1.30 bits per heavy atom. The molecule has 1 aliphatic heterocycles. The number of carbonyl (C=O) groups excluding carboxylic acids is 1. The molecule has 0 spiro atoms. The third-order valence-electron chi connectivity index (χ3n) is 3.92. The minimum atomic E-state index is -0.167.